The van der Waals surface area contributed by atoms with Gasteiger partial charge in [0, 0.05) is 12.1 Å². The molecule has 0 fully saturated rings. The molecule has 0 aliphatic rings. The number of amides is 1. The Hall–Kier alpha value is -1.42. The van der Waals surface area contributed by atoms with Crippen LogP contribution in [0.15, 0.2) is 24.4 Å². The smallest absolute Gasteiger partial charge is 0.223 e. The first kappa shape index (κ1) is 13.6. The van der Waals surface area contributed by atoms with Crippen molar-refractivity contribution in [2.45, 2.75) is 32.7 Å². The molecule has 0 radical (unpaired) electrons. The van der Waals surface area contributed by atoms with E-state index in [4.69, 9.17) is 5.73 Å². The standard InChI is InChI=1S/C13H21N3O/c1-10(6-5-8-14)13(17)16-11(2)12-7-3-4-9-15-12/h3-4,7,9-11H,5-6,8,14H2,1-2H3,(H,16,17)/t10?,11-/m0/s1. The van der Waals surface area contributed by atoms with E-state index in [0.29, 0.717) is 6.54 Å². The van der Waals surface area contributed by atoms with Crippen LogP contribution in [0, 0.1) is 5.92 Å². The number of pyridine rings is 1. The Morgan fingerprint density at radius 1 is 1.47 bits per heavy atom. The highest BCUT2D eigenvalue weighted by Gasteiger charge is 2.15. The summed E-state index contributed by atoms with van der Waals surface area (Å²) in [5.41, 5.74) is 6.31. The average molecular weight is 235 g/mol. The molecule has 0 aliphatic carbocycles. The molecule has 4 heteroatoms. The Morgan fingerprint density at radius 2 is 2.24 bits per heavy atom. The van der Waals surface area contributed by atoms with E-state index in [1.54, 1.807) is 6.20 Å². The van der Waals surface area contributed by atoms with Crippen molar-refractivity contribution in [2.75, 3.05) is 6.54 Å². The van der Waals surface area contributed by atoms with Gasteiger partial charge in [-0.15, -0.1) is 0 Å². The number of hydrogen-bond acceptors (Lipinski definition) is 3. The maximum atomic E-state index is 11.9. The number of aromatic nitrogens is 1. The lowest BCUT2D eigenvalue weighted by Gasteiger charge is -2.16. The molecule has 0 aromatic carbocycles. The van der Waals surface area contributed by atoms with Gasteiger partial charge in [0.2, 0.25) is 5.91 Å². The van der Waals surface area contributed by atoms with E-state index in [0.717, 1.165) is 18.5 Å². The number of nitrogens with one attached hydrogen (secondary N) is 1. The van der Waals surface area contributed by atoms with Crippen LogP contribution in [-0.4, -0.2) is 17.4 Å². The third kappa shape index (κ3) is 4.53. The minimum absolute atomic E-state index is 0.00436. The molecule has 1 heterocycles. The predicted molar refractivity (Wildman–Crippen MR) is 68.2 cm³/mol. The quantitative estimate of drug-likeness (QED) is 0.787. The molecule has 1 rings (SSSR count). The highest BCUT2D eigenvalue weighted by atomic mass is 16.1. The van der Waals surface area contributed by atoms with Crippen molar-refractivity contribution < 1.29 is 4.79 Å². The topological polar surface area (TPSA) is 68.0 Å². The molecular weight excluding hydrogens is 214 g/mol. The second-order valence-corrected chi connectivity index (χ2v) is 4.32. The third-order valence-electron chi connectivity index (χ3n) is 2.78. The summed E-state index contributed by atoms with van der Waals surface area (Å²) < 4.78 is 0. The Kier molecular flexibility index (Phi) is 5.63. The Morgan fingerprint density at radius 3 is 2.82 bits per heavy atom. The second kappa shape index (κ2) is 7.01. The maximum absolute atomic E-state index is 11.9. The van der Waals surface area contributed by atoms with E-state index >= 15 is 0 Å². The van der Waals surface area contributed by atoms with Gasteiger partial charge in [-0.05, 0) is 38.4 Å². The van der Waals surface area contributed by atoms with Crippen LogP contribution in [0.3, 0.4) is 0 Å². The zero-order chi connectivity index (χ0) is 12.7. The van der Waals surface area contributed by atoms with Crippen LogP contribution in [0.2, 0.25) is 0 Å². The molecule has 0 bridgehead atoms. The molecule has 0 saturated carbocycles. The van der Waals surface area contributed by atoms with Gasteiger partial charge in [-0.2, -0.15) is 0 Å². The van der Waals surface area contributed by atoms with Gasteiger partial charge in [-0.25, -0.2) is 0 Å². The van der Waals surface area contributed by atoms with Crippen LogP contribution in [0.4, 0.5) is 0 Å². The van der Waals surface area contributed by atoms with Crippen molar-refractivity contribution >= 4 is 5.91 Å². The number of carbonyl (C=O) groups excluding carboxylic acids is 1. The summed E-state index contributed by atoms with van der Waals surface area (Å²) in [5, 5.41) is 2.96. The van der Waals surface area contributed by atoms with Gasteiger partial charge in [-0.3, -0.25) is 9.78 Å². The van der Waals surface area contributed by atoms with Crippen molar-refractivity contribution in [1.29, 1.82) is 0 Å². The maximum Gasteiger partial charge on any atom is 0.223 e. The Bertz CT molecular complexity index is 340. The van der Waals surface area contributed by atoms with Crippen molar-refractivity contribution in [2.24, 2.45) is 11.7 Å². The lowest BCUT2D eigenvalue weighted by Crippen LogP contribution is -2.32. The van der Waals surface area contributed by atoms with Gasteiger partial charge in [0.05, 0.1) is 11.7 Å². The van der Waals surface area contributed by atoms with Crippen molar-refractivity contribution in [3.63, 3.8) is 0 Å². The van der Waals surface area contributed by atoms with E-state index < -0.39 is 0 Å². The van der Waals surface area contributed by atoms with Gasteiger partial charge < -0.3 is 11.1 Å². The highest BCUT2D eigenvalue weighted by molar-refractivity contribution is 5.78. The number of hydrogen-bond donors (Lipinski definition) is 2. The van der Waals surface area contributed by atoms with E-state index in [1.165, 1.54) is 0 Å². The molecule has 0 spiro atoms. The fourth-order valence-corrected chi connectivity index (χ4v) is 1.62. The molecule has 1 aromatic heterocycles. The summed E-state index contributed by atoms with van der Waals surface area (Å²) in [6.07, 6.45) is 3.44. The number of nitrogens with two attached hydrogens (primary N) is 1. The monoisotopic (exact) mass is 235 g/mol. The third-order valence-corrected chi connectivity index (χ3v) is 2.78. The molecule has 1 amide bonds. The Balaban J connectivity index is 2.46. The first-order valence-corrected chi connectivity index (χ1v) is 6.06. The van der Waals surface area contributed by atoms with E-state index in [9.17, 15) is 4.79 Å². The molecule has 0 saturated heterocycles. The highest BCUT2D eigenvalue weighted by Crippen LogP contribution is 2.11. The fraction of sp³-hybridized carbons (Fsp3) is 0.538. The number of rotatable bonds is 6. The minimum atomic E-state index is -0.0518. The molecule has 17 heavy (non-hydrogen) atoms. The fourth-order valence-electron chi connectivity index (χ4n) is 1.62. The zero-order valence-corrected chi connectivity index (χ0v) is 10.5. The second-order valence-electron chi connectivity index (χ2n) is 4.32. The number of nitrogens with zero attached hydrogens (tertiary/aromatic N) is 1. The molecule has 94 valence electrons. The number of carbonyl (C=O) groups is 1. The average Bonchev–Trinajstić information content (AvgIpc) is 2.36. The lowest BCUT2D eigenvalue weighted by atomic mass is 10.0. The molecule has 1 aromatic rings. The first-order valence-electron chi connectivity index (χ1n) is 6.06. The molecule has 1 unspecified atom stereocenters. The Labute approximate surface area is 103 Å². The normalized spacial score (nSPS) is 14.1. The first-order chi connectivity index (χ1) is 8.15. The zero-order valence-electron chi connectivity index (χ0n) is 10.5. The van der Waals surface area contributed by atoms with E-state index in [1.807, 2.05) is 32.0 Å². The van der Waals surface area contributed by atoms with Crippen molar-refractivity contribution in [3.05, 3.63) is 30.1 Å². The van der Waals surface area contributed by atoms with Crippen LogP contribution < -0.4 is 11.1 Å². The van der Waals surface area contributed by atoms with Crippen molar-refractivity contribution in [3.8, 4) is 0 Å². The van der Waals surface area contributed by atoms with Crippen LogP contribution in [0.5, 0.6) is 0 Å². The molecule has 0 aliphatic heterocycles. The lowest BCUT2D eigenvalue weighted by molar-refractivity contribution is -0.125. The van der Waals surface area contributed by atoms with E-state index in [2.05, 4.69) is 10.3 Å². The summed E-state index contributed by atoms with van der Waals surface area (Å²) in [4.78, 5) is 16.1. The molecule has 2 atom stereocenters. The summed E-state index contributed by atoms with van der Waals surface area (Å²) >= 11 is 0. The van der Waals surface area contributed by atoms with Gasteiger partial charge >= 0.3 is 0 Å². The van der Waals surface area contributed by atoms with Gasteiger partial charge in [0.15, 0.2) is 0 Å². The van der Waals surface area contributed by atoms with Crippen LogP contribution >= 0.6 is 0 Å². The van der Waals surface area contributed by atoms with Gasteiger partial charge in [0.25, 0.3) is 0 Å². The van der Waals surface area contributed by atoms with Gasteiger partial charge in [0.1, 0.15) is 0 Å². The SMILES string of the molecule is CC(CCCN)C(=O)N[C@@H](C)c1ccccn1. The molecular formula is C13H21N3O. The van der Waals surface area contributed by atoms with Crippen LogP contribution in [-0.2, 0) is 4.79 Å². The van der Waals surface area contributed by atoms with Crippen molar-refractivity contribution in [1.82, 2.24) is 10.3 Å². The summed E-state index contributed by atoms with van der Waals surface area (Å²) in [6.45, 7) is 4.50. The summed E-state index contributed by atoms with van der Waals surface area (Å²) in [7, 11) is 0. The van der Waals surface area contributed by atoms with E-state index in [-0.39, 0.29) is 17.9 Å². The van der Waals surface area contributed by atoms with Gasteiger partial charge in [-0.1, -0.05) is 13.0 Å². The van der Waals surface area contributed by atoms with Crippen LogP contribution in [0.25, 0.3) is 0 Å². The molecule has 4 nitrogen and oxygen atoms in total. The predicted octanol–water partition coefficient (Wildman–Crippen LogP) is 1.63. The summed E-state index contributed by atoms with van der Waals surface area (Å²) in [6, 6.07) is 5.64. The van der Waals surface area contributed by atoms with Crippen LogP contribution in [0.1, 0.15) is 38.4 Å². The molecule has 3 N–H and O–H groups in total. The largest absolute Gasteiger partial charge is 0.348 e. The summed E-state index contributed by atoms with van der Waals surface area (Å²) in [5.74, 6) is 0.0707. The minimum Gasteiger partial charge on any atom is -0.348 e.